The first-order valence-corrected chi connectivity index (χ1v) is 6.32. The second-order valence-corrected chi connectivity index (χ2v) is 5.32. The fourth-order valence-corrected chi connectivity index (χ4v) is 3.00. The highest BCUT2D eigenvalue weighted by Crippen LogP contribution is 2.38. The van der Waals surface area contributed by atoms with E-state index in [-0.39, 0.29) is 0 Å². The molecule has 16 heavy (non-hydrogen) atoms. The highest BCUT2D eigenvalue weighted by Gasteiger charge is 2.39. The van der Waals surface area contributed by atoms with Gasteiger partial charge in [0.2, 0.25) is 11.8 Å². The summed E-state index contributed by atoms with van der Waals surface area (Å²) in [4.78, 5) is 2.55. The van der Waals surface area contributed by atoms with Crippen molar-refractivity contribution >= 4 is 0 Å². The average Bonchev–Trinajstić information content (AvgIpc) is 2.96. The van der Waals surface area contributed by atoms with Crippen molar-refractivity contribution in [3.8, 4) is 0 Å². The van der Waals surface area contributed by atoms with Crippen LogP contribution >= 0.6 is 0 Å². The normalized spacial score (nSPS) is 29.4. The van der Waals surface area contributed by atoms with Gasteiger partial charge in [0, 0.05) is 18.0 Å². The zero-order valence-electron chi connectivity index (χ0n) is 10.0. The smallest absolute Gasteiger partial charge is 0.230 e. The molecule has 0 N–H and O–H groups in total. The molecule has 0 saturated carbocycles. The Morgan fingerprint density at radius 3 is 2.31 bits per heavy atom. The van der Waals surface area contributed by atoms with Gasteiger partial charge in [0.25, 0.3) is 0 Å². The molecule has 4 nitrogen and oxygen atoms in total. The topological polar surface area (TPSA) is 42.2 Å². The molecule has 0 atom stereocenters. The summed E-state index contributed by atoms with van der Waals surface area (Å²) in [5, 5.41) is 8.22. The molecule has 2 bridgehead atoms. The van der Waals surface area contributed by atoms with Gasteiger partial charge >= 0.3 is 0 Å². The van der Waals surface area contributed by atoms with Crippen molar-refractivity contribution in [2.45, 2.75) is 64.1 Å². The summed E-state index contributed by atoms with van der Waals surface area (Å²) in [5.41, 5.74) is 0. The Labute approximate surface area is 96.0 Å². The van der Waals surface area contributed by atoms with Crippen LogP contribution in [-0.4, -0.2) is 27.2 Å². The first kappa shape index (κ1) is 10.3. The predicted octanol–water partition coefficient (Wildman–Crippen LogP) is 2.32. The van der Waals surface area contributed by atoms with E-state index < -0.39 is 0 Å². The van der Waals surface area contributed by atoms with E-state index in [1.54, 1.807) is 0 Å². The zero-order valence-corrected chi connectivity index (χ0v) is 10.0. The van der Waals surface area contributed by atoms with Gasteiger partial charge in [-0.25, -0.2) is 0 Å². The number of aromatic nitrogens is 2. The minimum Gasteiger partial charge on any atom is -0.424 e. The van der Waals surface area contributed by atoms with E-state index in [0.717, 1.165) is 30.4 Å². The van der Waals surface area contributed by atoms with Crippen LogP contribution in [0.3, 0.4) is 0 Å². The summed E-state index contributed by atoms with van der Waals surface area (Å²) in [5.74, 6) is 1.89. The highest BCUT2D eigenvalue weighted by molar-refractivity contribution is 4.97. The van der Waals surface area contributed by atoms with Crippen LogP contribution in [0.25, 0.3) is 0 Å². The summed E-state index contributed by atoms with van der Waals surface area (Å²) in [7, 11) is 0. The molecule has 0 aliphatic carbocycles. The molecule has 3 rings (SSSR count). The van der Waals surface area contributed by atoms with Gasteiger partial charge in [0.1, 0.15) is 0 Å². The van der Waals surface area contributed by atoms with Crippen molar-refractivity contribution in [2.24, 2.45) is 0 Å². The molecule has 0 unspecified atom stereocenters. The van der Waals surface area contributed by atoms with Gasteiger partial charge < -0.3 is 4.42 Å². The largest absolute Gasteiger partial charge is 0.424 e. The third kappa shape index (κ3) is 1.65. The van der Waals surface area contributed by atoms with Crippen molar-refractivity contribution in [1.82, 2.24) is 15.1 Å². The van der Waals surface area contributed by atoms with E-state index in [2.05, 4.69) is 28.9 Å². The summed E-state index contributed by atoms with van der Waals surface area (Å²) >= 11 is 0. The van der Waals surface area contributed by atoms with Crippen molar-refractivity contribution in [1.29, 1.82) is 0 Å². The Hall–Kier alpha value is -0.900. The maximum atomic E-state index is 5.67. The molecule has 1 aromatic heterocycles. The predicted molar refractivity (Wildman–Crippen MR) is 60.0 cm³/mol. The van der Waals surface area contributed by atoms with Gasteiger partial charge in [-0.1, -0.05) is 13.8 Å². The molecule has 0 amide bonds. The van der Waals surface area contributed by atoms with Crippen LogP contribution in [0.1, 0.15) is 57.2 Å². The van der Waals surface area contributed by atoms with Gasteiger partial charge in [-0.15, -0.1) is 10.2 Å². The molecule has 0 spiro atoms. The molecule has 0 aromatic carbocycles. The molecule has 2 saturated heterocycles. The van der Waals surface area contributed by atoms with Gasteiger partial charge in [0.15, 0.2) is 0 Å². The van der Waals surface area contributed by atoms with Crippen molar-refractivity contribution in [3.05, 3.63) is 11.8 Å². The molecular formula is C12H19N3O. The average molecular weight is 221 g/mol. The molecule has 0 radical (unpaired) electrons. The van der Waals surface area contributed by atoms with Gasteiger partial charge in [-0.05, 0) is 25.7 Å². The lowest BCUT2D eigenvalue weighted by molar-refractivity contribution is 0.216. The number of fused-ring (bicyclic) bond motifs is 2. The monoisotopic (exact) mass is 221 g/mol. The maximum Gasteiger partial charge on any atom is 0.230 e. The fraction of sp³-hybridized carbons (Fsp3) is 0.833. The lowest BCUT2D eigenvalue weighted by atomic mass is 10.0. The van der Waals surface area contributed by atoms with E-state index in [0.29, 0.717) is 5.92 Å². The Bertz CT molecular complexity index is 354. The van der Waals surface area contributed by atoms with E-state index in [4.69, 9.17) is 4.42 Å². The second kappa shape index (κ2) is 3.84. The summed E-state index contributed by atoms with van der Waals surface area (Å²) in [6.45, 7) is 5.02. The highest BCUT2D eigenvalue weighted by atomic mass is 16.4. The van der Waals surface area contributed by atoms with E-state index in [1.165, 1.54) is 25.7 Å². The van der Waals surface area contributed by atoms with Crippen molar-refractivity contribution in [2.75, 3.05) is 0 Å². The van der Waals surface area contributed by atoms with E-state index >= 15 is 0 Å². The van der Waals surface area contributed by atoms with Crippen LogP contribution < -0.4 is 0 Å². The fourth-order valence-electron chi connectivity index (χ4n) is 3.00. The lowest BCUT2D eigenvalue weighted by Gasteiger charge is -2.18. The quantitative estimate of drug-likeness (QED) is 0.785. The first-order chi connectivity index (χ1) is 7.74. The van der Waals surface area contributed by atoms with Crippen LogP contribution in [0, 0.1) is 0 Å². The van der Waals surface area contributed by atoms with Crippen LogP contribution in [0.2, 0.25) is 0 Å². The molecule has 3 heterocycles. The van der Waals surface area contributed by atoms with Crippen LogP contribution in [0.5, 0.6) is 0 Å². The third-order valence-corrected chi connectivity index (χ3v) is 3.90. The molecule has 1 aromatic rings. The molecule has 88 valence electrons. The van der Waals surface area contributed by atoms with Crippen LogP contribution in [0.15, 0.2) is 4.42 Å². The van der Waals surface area contributed by atoms with Crippen LogP contribution in [0.4, 0.5) is 0 Å². The van der Waals surface area contributed by atoms with Crippen molar-refractivity contribution < 1.29 is 4.42 Å². The Kier molecular flexibility index (Phi) is 2.46. The van der Waals surface area contributed by atoms with Gasteiger partial charge in [0.05, 0.1) is 6.54 Å². The second-order valence-electron chi connectivity index (χ2n) is 5.32. The lowest BCUT2D eigenvalue weighted by Crippen LogP contribution is -2.27. The standard InChI is InChI=1S/C12H19N3O/c1-8(2)12-14-13-11(16-12)7-15-9-3-4-10(15)6-5-9/h8-10H,3-7H2,1-2H3. The first-order valence-electron chi connectivity index (χ1n) is 6.32. The Morgan fingerprint density at radius 2 is 1.81 bits per heavy atom. The number of hydrogen-bond donors (Lipinski definition) is 0. The molecular weight excluding hydrogens is 202 g/mol. The third-order valence-electron chi connectivity index (χ3n) is 3.90. The number of hydrogen-bond acceptors (Lipinski definition) is 4. The SMILES string of the molecule is CC(C)c1nnc(CN2C3CCC2CC3)o1. The molecule has 2 fully saturated rings. The zero-order chi connectivity index (χ0) is 11.1. The minimum absolute atomic E-state index is 0.330. The van der Waals surface area contributed by atoms with E-state index in [1.807, 2.05) is 0 Å². The molecule has 2 aliphatic heterocycles. The Morgan fingerprint density at radius 1 is 1.19 bits per heavy atom. The van der Waals surface area contributed by atoms with Gasteiger partial charge in [-0.3, -0.25) is 4.90 Å². The Balaban J connectivity index is 1.70. The van der Waals surface area contributed by atoms with Gasteiger partial charge in [-0.2, -0.15) is 0 Å². The maximum absolute atomic E-state index is 5.67. The van der Waals surface area contributed by atoms with E-state index in [9.17, 15) is 0 Å². The summed E-state index contributed by atoms with van der Waals surface area (Å²) in [6, 6.07) is 1.55. The molecule has 2 aliphatic rings. The number of rotatable bonds is 3. The minimum atomic E-state index is 0.330. The van der Waals surface area contributed by atoms with Crippen LogP contribution in [-0.2, 0) is 6.54 Å². The summed E-state index contributed by atoms with van der Waals surface area (Å²) in [6.07, 6.45) is 5.43. The molecule has 4 heteroatoms. The summed E-state index contributed by atoms with van der Waals surface area (Å²) < 4.78 is 5.67. The van der Waals surface area contributed by atoms with Crippen molar-refractivity contribution in [3.63, 3.8) is 0 Å². The number of nitrogens with zero attached hydrogens (tertiary/aromatic N) is 3.